The number of carbonyl (C=O) groups excluding carboxylic acids is 1. The molecule has 1 aliphatic rings. The van der Waals surface area contributed by atoms with Crippen LogP contribution in [-0.4, -0.2) is 30.4 Å². The monoisotopic (exact) mass is 598 g/mol. The predicted octanol–water partition coefficient (Wildman–Crippen LogP) is 5.17. The summed E-state index contributed by atoms with van der Waals surface area (Å²) in [6.45, 7) is 7.90. The number of rotatable bonds is 10. The molecule has 1 atom stereocenters. The Labute approximate surface area is 254 Å². The van der Waals surface area contributed by atoms with Crippen molar-refractivity contribution in [2.75, 3.05) is 13.7 Å². The number of thiazole rings is 1. The average Bonchev–Trinajstić information content (AvgIpc) is 3.30. The van der Waals surface area contributed by atoms with Gasteiger partial charge < -0.3 is 18.9 Å². The molecular weight excluding hydrogens is 564 g/mol. The van der Waals surface area contributed by atoms with Crippen LogP contribution in [0.15, 0.2) is 93.9 Å². The molecule has 4 aromatic rings. The SMILES string of the molecule is CCOC(=O)C1=C(C)N=c2s/c(=C\c3cccc(OC)c3OCc3ccccc3)c(=O)n2[C@H]1c1ccccc1OC(C)C. The molecule has 2 heterocycles. The Morgan fingerprint density at radius 2 is 1.74 bits per heavy atom. The van der Waals surface area contributed by atoms with Crippen LogP contribution in [0.1, 0.15) is 50.4 Å². The van der Waals surface area contributed by atoms with Crippen LogP contribution < -0.4 is 29.1 Å². The van der Waals surface area contributed by atoms with Gasteiger partial charge in [-0.15, -0.1) is 0 Å². The molecule has 9 heteroatoms. The molecule has 0 saturated heterocycles. The summed E-state index contributed by atoms with van der Waals surface area (Å²) in [6.07, 6.45) is 1.67. The van der Waals surface area contributed by atoms with Gasteiger partial charge in [-0.25, -0.2) is 9.79 Å². The Balaban J connectivity index is 1.68. The molecular formula is C34H34N2O6S. The summed E-state index contributed by atoms with van der Waals surface area (Å²) < 4.78 is 25.4. The molecule has 0 N–H and O–H groups in total. The Morgan fingerprint density at radius 3 is 2.47 bits per heavy atom. The topological polar surface area (TPSA) is 88.4 Å². The third kappa shape index (κ3) is 6.27. The van der Waals surface area contributed by atoms with E-state index in [9.17, 15) is 9.59 Å². The lowest BCUT2D eigenvalue weighted by Gasteiger charge is -2.26. The van der Waals surface area contributed by atoms with Crippen molar-refractivity contribution in [3.05, 3.63) is 120 Å². The molecule has 0 spiro atoms. The van der Waals surface area contributed by atoms with E-state index in [1.165, 1.54) is 11.3 Å². The van der Waals surface area contributed by atoms with Crippen LogP contribution in [0.2, 0.25) is 0 Å². The number of allylic oxidation sites excluding steroid dienone is 1. The highest BCUT2D eigenvalue weighted by Gasteiger charge is 2.35. The molecule has 1 aromatic heterocycles. The maximum atomic E-state index is 14.2. The zero-order valence-electron chi connectivity index (χ0n) is 24.8. The maximum Gasteiger partial charge on any atom is 0.338 e. The Hall–Kier alpha value is -4.63. The van der Waals surface area contributed by atoms with Crippen LogP contribution in [0.5, 0.6) is 17.2 Å². The first-order valence-electron chi connectivity index (χ1n) is 14.1. The predicted molar refractivity (Wildman–Crippen MR) is 166 cm³/mol. The quantitative estimate of drug-likeness (QED) is 0.234. The lowest BCUT2D eigenvalue weighted by Crippen LogP contribution is -2.40. The Morgan fingerprint density at radius 1 is 1.02 bits per heavy atom. The van der Waals surface area contributed by atoms with Gasteiger partial charge in [0.25, 0.3) is 5.56 Å². The summed E-state index contributed by atoms with van der Waals surface area (Å²) in [4.78, 5) is 32.7. The van der Waals surface area contributed by atoms with Crippen molar-refractivity contribution in [1.29, 1.82) is 0 Å². The van der Waals surface area contributed by atoms with Gasteiger partial charge in [0.1, 0.15) is 18.4 Å². The fraction of sp³-hybridized carbons (Fsp3) is 0.265. The number of ether oxygens (including phenoxy) is 4. The number of para-hydroxylation sites is 2. The molecule has 0 unspecified atom stereocenters. The fourth-order valence-corrected chi connectivity index (χ4v) is 6.02. The Kier molecular flexibility index (Phi) is 9.11. The van der Waals surface area contributed by atoms with Crippen molar-refractivity contribution in [1.82, 2.24) is 4.57 Å². The minimum atomic E-state index is -0.786. The van der Waals surface area contributed by atoms with E-state index >= 15 is 0 Å². The van der Waals surface area contributed by atoms with E-state index in [0.29, 0.717) is 55.6 Å². The van der Waals surface area contributed by atoms with E-state index in [-0.39, 0.29) is 18.3 Å². The zero-order chi connectivity index (χ0) is 30.5. The number of nitrogens with zero attached hydrogens (tertiary/aromatic N) is 2. The summed E-state index contributed by atoms with van der Waals surface area (Å²) in [5.74, 6) is 1.13. The third-order valence-corrected chi connectivity index (χ3v) is 7.82. The number of aromatic nitrogens is 1. The second-order valence-corrected chi connectivity index (χ2v) is 11.2. The van der Waals surface area contributed by atoms with Crippen LogP contribution >= 0.6 is 11.3 Å². The number of carbonyl (C=O) groups is 1. The maximum absolute atomic E-state index is 14.2. The molecule has 0 fully saturated rings. The molecule has 3 aromatic carbocycles. The van der Waals surface area contributed by atoms with Gasteiger partial charge in [-0.1, -0.05) is 72.0 Å². The number of esters is 1. The lowest BCUT2D eigenvalue weighted by molar-refractivity contribution is -0.139. The van der Waals surface area contributed by atoms with Gasteiger partial charge in [-0.2, -0.15) is 0 Å². The van der Waals surface area contributed by atoms with E-state index in [0.717, 1.165) is 5.56 Å². The van der Waals surface area contributed by atoms with E-state index < -0.39 is 12.0 Å². The van der Waals surface area contributed by atoms with Gasteiger partial charge in [-0.05, 0) is 51.5 Å². The van der Waals surface area contributed by atoms with E-state index in [2.05, 4.69) is 0 Å². The summed E-state index contributed by atoms with van der Waals surface area (Å²) in [5, 5.41) is 0. The van der Waals surface area contributed by atoms with Gasteiger partial charge in [0, 0.05) is 11.1 Å². The first kappa shape index (κ1) is 29.8. The van der Waals surface area contributed by atoms with Gasteiger partial charge in [0.2, 0.25) is 0 Å². The summed E-state index contributed by atoms with van der Waals surface area (Å²) in [7, 11) is 1.58. The fourth-order valence-electron chi connectivity index (χ4n) is 4.99. The lowest BCUT2D eigenvalue weighted by atomic mass is 9.95. The molecule has 43 heavy (non-hydrogen) atoms. The minimum Gasteiger partial charge on any atom is -0.493 e. The first-order valence-corrected chi connectivity index (χ1v) is 14.9. The first-order chi connectivity index (χ1) is 20.8. The van der Waals surface area contributed by atoms with Crippen LogP contribution in [0.3, 0.4) is 0 Å². The van der Waals surface area contributed by atoms with Crippen molar-refractivity contribution in [3.8, 4) is 17.2 Å². The van der Waals surface area contributed by atoms with Crippen LogP contribution in [0, 0.1) is 0 Å². The highest BCUT2D eigenvalue weighted by Crippen LogP contribution is 2.36. The highest BCUT2D eigenvalue weighted by atomic mass is 32.1. The molecule has 0 bridgehead atoms. The largest absolute Gasteiger partial charge is 0.493 e. The zero-order valence-corrected chi connectivity index (χ0v) is 25.6. The molecule has 0 radical (unpaired) electrons. The van der Waals surface area contributed by atoms with Gasteiger partial charge in [0.15, 0.2) is 16.3 Å². The smallest absolute Gasteiger partial charge is 0.338 e. The second kappa shape index (κ2) is 13.1. The van der Waals surface area contributed by atoms with E-state index in [4.69, 9.17) is 23.9 Å². The van der Waals surface area contributed by atoms with Crippen LogP contribution in [-0.2, 0) is 16.1 Å². The molecule has 0 aliphatic carbocycles. The summed E-state index contributed by atoms with van der Waals surface area (Å²) in [6, 6.07) is 22.0. The molecule has 0 saturated carbocycles. The average molecular weight is 599 g/mol. The van der Waals surface area contributed by atoms with Gasteiger partial charge in [-0.3, -0.25) is 9.36 Å². The second-order valence-electron chi connectivity index (χ2n) is 10.2. The van der Waals surface area contributed by atoms with Crippen molar-refractivity contribution in [2.45, 2.75) is 46.4 Å². The molecule has 1 aliphatic heterocycles. The molecule has 0 amide bonds. The van der Waals surface area contributed by atoms with Crippen LogP contribution in [0.4, 0.5) is 0 Å². The number of hydrogen-bond donors (Lipinski definition) is 0. The number of fused-ring (bicyclic) bond motifs is 1. The molecule has 222 valence electrons. The van der Waals surface area contributed by atoms with E-state index in [1.54, 1.807) is 31.6 Å². The normalized spacial score (nSPS) is 14.7. The number of benzene rings is 3. The van der Waals surface area contributed by atoms with Crippen LogP contribution in [0.25, 0.3) is 6.08 Å². The standard InChI is InChI=1S/C34H34N2O6S/c1-6-40-33(38)29-22(4)35-34-36(30(29)25-16-10-11-17-26(25)42-21(2)3)32(37)28(43-34)19-24-15-12-18-27(39-5)31(24)41-20-23-13-8-7-9-14-23/h7-19,21,30H,6,20H2,1-5H3/b28-19-/t30-/m0/s1. The molecule has 5 rings (SSSR count). The number of hydrogen-bond acceptors (Lipinski definition) is 8. The van der Waals surface area contributed by atoms with E-state index in [1.807, 2.05) is 86.6 Å². The van der Waals surface area contributed by atoms with Crippen molar-refractivity contribution in [3.63, 3.8) is 0 Å². The summed E-state index contributed by atoms with van der Waals surface area (Å²) in [5.41, 5.74) is 2.86. The minimum absolute atomic E-state index is 0.115. The van der Waals surface area contributed by atoms with Gasteiger partial charge >= 0.3 is 5.97 Å². The Bertz CT molecular complexity index is 1840. The number of methoxy groups -OCH3 is 1. The van der Waals surface area contributed by atoms with Gasteiger partial charge in [0.05, 0.1) is 35.6 Å². The third-order valence-electron chi connectivity index (χ3n) is 6.84. The van der Waals surface area contributed by atoms with Crippen molar-refractivity contribution in [2.24, 2.45) is 4.99 Å². The highest BCUT2D eigenvalue weighted by molar-refractivity contribution is 7.07. The molecule has 8 nitrogen and oxygen atoms in total. The van der Waals surface area contributed by atoms with Crippen molar-refractivity contribution < 1.29 is 23.7 Å². The van der Waals surface area contributed by atoms with Crippen molar-refractivity contribution >= 4 is 23.4 Å². The summed E-state index contributed by atoms with van der Waals surface area (Å²) >= 11 is 1.25.